The average Bonchev–Trinajstić information content (AvgIpc) is 3.24. The summed E-state index contributed by atoms with van der Waals surface area (Å²) in [6, 6.07) is 0. The third-order valence-corrected chi connectivity index (χ3v) is 14.2. The minimum atomic E-state index is 0. The molecule has 0 saturated carbocycles. The second kappa shape index (κ2) is 61.6. The van der Waals surface area contributed by atoms with Crippen molar-refractivity contribution in [3.05, 3.63) is 0 Å². The Labute approximate surface area is 448 Å². The maximum absolute atomic E-state index is 5.35. The quantitative estimate of drug-likeness (QED) is 0.0258. The topological polar surface area (TPSA) is 6.48 Å². The molecule has 2 unspecified atom stereocenters. The van der Waals surface area contributed by atoms with E-state index in [9.17, 15) is 0 Å². The van der Waals surface area contributed by atoms with Crippen LogP contribution in [0.5, 0.6) is 0 Å². The molecule has 2 nitrogen and oxygen atoms in total. The van der Waals surface area contributed by atoms with E-state index in [-0.39, 0.29) is 48.1 Å². The van der Waals surface area contributed by atoms with Crippen LogP contribution >= 0.6 is 24.4 Å². The van der Waals surface area contributed by atoms with Gasteiger partial charge in [0.1, 0.15) is 0 Å². The maximum atomic E-state index is 5.35. The van der Waals surface area contributed by atoms with E-state index in [0.29, 0.717) is 8.64 Å². The van der Waals surface area contributed by atoms with Crippen molar-refractivity contribution in [2.45, 2.75) is 298 Å². The molecule has 0 aromatic rings. The number of thiocarbonyl (C=S) groups is 2. The summed E-state index contributed by atoms with van der Waals surface area (Å²) >= 11 is 21.4. The SMILES string of the molecule is CCCCCCCCCCCCCCCCC(CC)CN(CCCCCC)C(=S)[S-].CCCCCCCCCCCCCCCCC(CC)CN(CCCCCC)C(=S)[S-].[Mo+6].[S-2].[S-2]. The molecule has 0 heterocycles. The smallest absolute Gasteiger partial charge is 2.00 e. The summed E-state index contributed by atoms with van der Waals surface area (Å²) in [6.45, 7) is 18.1. The Morgan fingerprint density at radius 2 is 0.524 bits per heavy atom. The van der Waals surface area contributed by atoms with Gasteiger partial charge in [0.25, 0.3) is 0 Å². The Morgan fingerprint density at radius 1 is 0.333 bits per heavy atom. The minimum Gasteiger partial charge on any atom is -2.00 e. The number of nitrogens with zero attached hydrogens (tertiary/aromatic N) is 2. The van der Waals surface area contributed by atoms with E-state index in [2.05, 4.69) is 51.3 Å². The van der Waals surface area contributed by atoms with Gasteiger partial charge in [-0.15, -0.1) is 0 Å². The van der Waals surface area contributed by atoms with Crippen molar-refractivity contribution in [2.75, 3.05) is 26.2 Å². The van der Waals surface area contributed by atoms with Crippen molar-refractivity contribution in [3.8, 4) is 0 Å². The van der Waals surface area contributed by atoms with Gasteiger partial charge in [-0.05, 0) is 37.5 Å². The third kappa shape index (κ3) is 56.1. The standard InChI is InChI=1S/2C27H55NS2.Mo.2S/c2*1-4-7-9-11-12-13-14-15-16-17-18-19-20-21-23-26(6-3)25-28(27(29)30)24-22-10-8-5-2;;;/h2*26H,4-25H2,1-3H3,(H,29,30);;;/q;;+6;2*-2/p-2. The summed E-state index contributed by atoms with van der Waals surface area (Å²) in [4.78, 5) is 4.61. The van der Waals surface area contributed by atoms with Gasteiger partial charge in [-0.3, -0.25) is 0 Å². The predicted molar refractivity (Wildman–Crippen MR) is 304 cm³/mol. The summed E-state index contributed by atoms with van der Waals surface area (Å²) in [5, 5.41) is 0. The van der Waals surface area contributed by atoms with Crippen molar-refractivity contribution in [3.63, 3.8) is 0 Å². The molecule has 0 aliphatic rings. The van der Waals surface area contributed by atoms with Crippen LogP contribution in [0.4, 0.5) is 0 Å². The monoisotopic (exact) mass is 1070 g/mol. The number of unbranched alkanes of at least 4 members (excludes halogenated alkanes) is 32. The van der Waals surface area contributed by atoms with E-state index in [0.717, 1.165) is 38.0 Å². The fourth-order valence-electron chi connectivity index (χ4n) is 8.70. The van der Waals surface area contributed by atoms with E-state index in [1.807, 2.05) is 0 Å². The third-order valence-electron chi connectivity index (χ3n) is 13.1. The van der Waals surface area contributed by atoms with Gasteiger partial charge >= 0.3 is 21.1 Å². The summed E-state index contributed by atoms with van der Waals surface area (Å²) < 4.78 is 1.37. The first-order valence-electron chi connectivity index (χ1n) is 27.2. The molecule has 0 aromatic carbocycles. The first-order valence-corrected chi connectivity index (χ1v) is 28.9. The fourth-order valence-corrected chi connectivity index (χ4v) is 9.36. The Kier molecular flexibility index (Phi) is 72.0. The zero-order chi connectivity index (χ0) is 44.6. The molecule has 2 atom stereocenters. The van der Waals surface area contributed by atoms with Crippen LogP contribution in [0.15, 0.2) is 0 Å². The first kappa shape index (κ1) is 73.6. The Morgan fingerprint density at radius 3 is 0.714 bits per heavy atom. The predicted octanol–water partition coefficient (Wildman–Crippen LogP) is 19.2. The molecule has 0 aromatic heterocycles. The maximum Gasteiger partial charge on any atom is 6.00 e. The summed E-state index contributed by atoms with van der Waals surface area (Å²) in [7, 11) is 0. The molecule has 0 saturated heterocycles. The van der Waals surface area contributed by atoms with Gasteiger partial charge in [0, 0.05) is 26.2 Å². The molecule has 376 valence electrons. The second-order valence-corrected chi connectivity index (χ2v) is 20.9. The van der Waals surface area contributed by atoms with E-state index in [1.54, 1.807) is 0 Å². The molecule has 0 N–H and O–H groups in total. The van der Waals surface area contributed by atoms with Gasteiger partial charge in [-0.1, -0.05) is 281 Å². The van der Waals surface area contributed by atoms with Gasteiger partial charge in [-0.25, -0.2) is 0 Å². The van der Waals surface area contributed by atoms with Gasteiger partial charge in [0.05, 0.1) is 0 Å². The van der Waals surface area contributed by atoms with Crippen LogP contribution in [-0.2, 0) is 73.3 Å². The van der Waals surface area contributed by atoms with Crippen LogP contribution in [0.3, 0.4) is 0 Å². The zero-order valence-corrected chi connectivity index (χ0v) is 49.9. The summed E-state index contributed by atoms with van der Waals surface area (Å²) in [5.74, 6) is 1.52. The largest absolute Gasteiger partial charge is 6.00 e. The molecule has 0 rings (SSSR count). The first-order chi connectivity index (χ1) is 29.3. The van der Waals surface area contributed by atoms with E-state index in [4.69, 9.17) is 49.7 Å². The molecule has 0 spiro atoms. The molecule has 63 heavy (non-hydrogen) atoms. The van der Waals surface area contributed by atoms with Gasteiger partial charge < -0.3 is 86.5 Å². The fraction of sp³-hybridized carbons (Fsp3) is 0.963. The van der Waals surface area contributed by atoms with Crippen molar-refractivity contribution in [1.29, 1.82) is 0 Å². The molecular formula is C54H108MoN2S6. The number of rotatable bonds is 46. The van der Waals surface area contributed by atoms with Crippen molar-refractivity contribution in [2.24, 2.45) is 11.8 Å². The molecular weight excluding hydrogens is 965 g/mol. The van der Waals surface area contributed by atoms with E-state index < -0.39 is 0 Å². The van der Waals surface area contributed by atoms with Crippen LogP contribution in [0.25, 0.3) is 0 Å². The van der Waals surface area contributed by atoms with E-state index in [1.165, 1.54) is 257 Å². The average molecular weight is 1070 g/mol. The Bertz CT molecular complexity index is 800. The molecule has 9 heteroatoms. The van der Waals surface area contributed by atoms with Crippen LogP contribution in [0.2, 0.25) is 0 Å². The molecule has 0 amide bonds. The summed E-state index contributed by atoms with van der Waals surface area (Å²) in [5.41, 5.74) is 0. The van der Waals surface area contributed by atoms with Gasteiger partial charge in [0.2, 0.25) is 0 Å². The summed E-state index contributed by atoms with van der Waals surface area (Å²) in [6.07, 6.45) is 55.7. The van der Waals surface area contributed by atoms with Crippen LogP contribution < -0.4 is 0 Å². The molecule has 0 fully saturated rings. The zero-order valence-electron chi connectivity index (χ0n) is 43.0. The van der Waals surface area contributed by atoms with Crippen LogP contribution in [-0.4, -0.2) is 44.6 Å². The van der Waals surface area contributed by atoms with Gasteiger partial charge in [-0.2, -0.15) is 0 Å². The second-order valence-electron chi connectivity index (χ2n) is 18.9. The molecule has 0 radical (unpaired) electrons. The normalized spacial score (nSPS) is 11.7. The Hall–Kier alpha value is 1.61. The van der Waals surface area contributed by atoms with E-state index >= 15 is 0 Å². The van der Waals surface area contributed by atoms with Crippen LogP contribution in [0, 0.1) is 11.8 Å². The molecule has 0 bridgehead atoms. The molecule has 0 aliphatic carbocycles. The van der Waals surface area contributed by atoms with Crippen LogP contribution in [0.1, 0.15) is 298 Å². The van der Waals surface area contributed by atoms with Crippen molar-refractivity contribution in [1.82, 2.24) is 9.80 Å². The molecule has 0 aliphatic heterocycles. The number of hydrogen-bond donors (Lipinski definition) is 0. The minimum absolute atomic E-state index is 0. The Balaban J connectivity index is -0.000000340. The van der Waals surface area contributed by atoms with Gasteiger partial charge in [0.15, 0.2) is 0 Å². The van der Waals surface area contributed by atoms with Crippen molar-refractivity contribution >= 4 is 85.3 Å². The number of hydrogen-bond acceptors (Lipinski definition) is 4. The van der Waals surface area contributed by atoms with Crippen molar-refractivity contribution < 1.29 is 21.1 Å².